The molecule has 0 bridgehead atoms. The van der Waals surface area contributed by atoms with Crippen LogP contribution in [-0.2, 0) is 6.42 Å². The Morgan fingerprint density at radius 1 is 0.971 bits per heavy atom. The summed E-state index contributed by atoms with van der Waals surface area (Å²) in [5.74, 6) is -1.30. The van der Waals surface area contributed by atoms with E-state index < -0.39 is 24.7 Å². The monoisotopic (exact) mass is 504 g/mol. The van der Waals surface area contributed by atoms with E-state index in [2.05, 4.69) is 24.8 Å². The molecule has 1 atom stereocenters. The molecule has 1 heterocycles. The van der Waals surface area contributed by atoms with Gasteiger partial charge in [0.05, 0.1) is 5.69 Å². The number of ether oxygens (including phenoxy) is 2. The minimum absolute atomic E-state index is 0.340. The standard InChI is InChI=1S/C24H20F4N4O2S/c1-35-24(31-14-29)32-18-5-2-16(3-6-18)19(12-15-8-10-30-11-9-15)17-4-7-20(33-22(25)26)21(13-17)34-23(27)28/h2-11,13,19,22-23H,12H2,1H3,(H,31,32)/t19-/m1/s1. The first-order chi connectivity index (χ1) is 16.9. The average molecular weight is 505 g/mol. The molecule has 11 heteroatoms. The van der Waals surface area contributed by atoms with Crippen molar-refractivity contribution in [3.05, 3.63) is 83.7 Å². The number of aromatic nitrogens is 1. The van der Waals surface area contributed by atoms with Gasteiger partial charge in [0.15, 0.2) is 22.9 Å². The van der Waals surface area contributed by atoms with E-state index in [1.54, 1.807) is 30.8 Å². The summed E-state index contributed by atoms with van der Waals surface area (Å²) >= 11 is 1.28. The Hall–Kier alpha value is -3.78. The summed E-state index contributed by atoms with van der Waals surface area (Å²) in [4.78, 5) is 8.37. The Kier molecular flexibility index (Phi) is 9.31. The molecular formula is C24H20F4N4O2S. The van der Waals surface area contributed by atoms with E-state index >= 15 is 0 Å². The number of hydrogen-bond acceptors (Lipinski definition) is 6. The number of nitrogens with one attached hydrogen (secondary N) is 1. The Bertz CT molecular complexity index is 1170. The van der Waals surface area contributed by atoms with Crippen LogP contribution in [0, 0.1) is 11.5 Å². The van der Waals surface area contributed by atoms with Crippen molar-refractivity contribution in [2.45, 2.75) is 25.6 Å². The summed E-state index contributed by atoms with van der Waals surface area (Å²) in [5.41, 5.74) is 2.92. The van der Waals surface area contributed by atoms with Gasteiger partial charge in [-0.25, -0.2) is 4.99 Å². The van der Waals surface area contributed by atoms with E-state index in [0.717, 1.165) is 11.1 Å². The summed E-state index contributed by atoms with van der Waals surface area (Å²) < 4.78 is 60.2. The molecule has 0 aliphatic heterocycles. The Morgan fingerprint density at radius 3 is 2.20 bits per heavy atom. The topological polar surface area (TPSA) is 79.5 Å². The molecule has 0 spiro atoms. The Labute approximate surface area is 203 Å². The van der Waals surface area contributed by atoms with Gasteiger partial charge < -0.3 is 9.47 Å². The van der Waals surface area contributed by atoms with Crippen LogP contribution >= 0.6 is 11.8 Å². The van der Waals surface area contributed by atoms with Gasteiger partial charge in [0.1, 0.15) is 0 Å². The molecule has 0 amide bonds. The fourth-order valence-corrected chi connectivity index (χ4v) is 3.72. The lowest BCUT2D eigenvalue weighted by Gasteiger charge is -2.21. The molecule has 3 aromatic rings. The molecule has 2 aromatic carbocycles. The lowest BCUT2D eigenvalue weighted by molar-refractivity contribution is -0.0692. The molecule has 6 nitrogen and oxygen atoms in total. The third-order valence-corrected chi connectivity index (χ3v) is 5.45. The molecule has 0 saturated carbocycles. The van der Waals surface area contributed by atoms with Crippen LogP contribution in [0.15, 0.2) is 72.0 Å². The minimum Gasteiger partial charge on any atom is -0.431 e. The summed E-state index contributed by atoms with van der Waals surface area (Å²) in [5, 5.41) is 11.7. The van der Waals surface area contributed by atoms with Crippen LogP contribution in [0.4, 0.5) is 23.2 Å². The second-order valence-corrected chi connectivity index (χ2v) is 7.82. The predicted octanol–water partition coefficient (Wildman–Crippen LogP) is 6.08. The van der Waals surface area contributed by atoms with Crippen LogP contribution in [0.2, 0.25) is 0 Å². The maximum atomic E-state index is 13.0. The first kappa shape index (κ1) is 25.8. The highest BCUT2D eigenvalue weighted by Gasteiger charge is 2.21. The van der Waals surface area contributed by atoms with Crippen LogP contribution in [0.5, 0.6) is 11.5 Å². The molecule has 1 aromatic heterocycles. The van der Waals surface area contributed by atoms with E-state index in [1.807, 2.05) is 30.5 Å². The highest BCUT2D eigenvalue weighted by Crippen LogP contribution is 2.37. The van der Waals surface area contributed by atoms with Crippen LogP contribution in [0.1, 0.15) is 22.6 Å². The van der Waals surface area contributed by atoms with E-state index in [-0.39, 0.29) is 5.92 Å². The van der Waals surface area contributed by atoms with Gasteiger partial charge in [-0.05, 0) is 65.8 Å². The molecular weight excluding hydrogens is 484 g/mol. The second-order valence-electron chi connectivity index (χ2n) is 7.02. The van der Waals surface area contributed by atoms with Crippen LogP contribution < -0.4 is 14.8 Å². The molecule has 0 radical (unpaired) electrons. The van der Waals surface area contributed by atoms with E-state index in [1.165, 1.54) is 30.0 Å². The largest absolute Gasteiger partial charge is 0.431 e. The van der Waals surface area contributed by atoms with Crippen LogP contribution in [0.3, 0.4) is 0 Å². The quantitative estimate of drug-likeness (QED) is 0.125. The summed E-state index contributed by atoms with van der Waals surface area (Å²) in [6, 6.07) is 14.8. The highest BCUT2D eigenvalue weighted by atomic mass is 32.2. The van der Waals surface area contributed by atoms with Crippen molar-refractivity contribution < 1.29 is 27.0 Å². The average Bonchev–Trinajstić information content (AvgIpc) is 2.84. The number of hydrogen-bond donors (Lipinski definition) is 1. The Balaban J connectivity index is 2.01. The third kappa shape index (κ3) is 7.61. The number of benzene rings is 2. The first-order valence-corrected chi connectivity index (χ1v) is 11.4. The van der Waals surface area contributed by atoms with Gasteiger partial charge in [0, 0.05) is 18.3 Å². The van der Waals surface area contributed by atoms with Crippen molar-refractivity contribution >= 4 is 22.6 Å². The summed E-state index contributed by atoms with van der Waals surface area (Å²) in [6.07, 6.45) is 7.36. The van der Waals surface area contributed by atoms with Gasteiger partial charge >= 0.3 is 13.2 Å². The summed E-state index contributed by atoms with van der Waals surface area (Å²) in [6.45, 7) is -6.41. The van der Waals surface area contributed by atoms with Crippen molar-refractivity contribution in [3.8, 4) is 17.7 Å². The number of nitrogens with zero attached hydrogens (tertiary/aromatic N) is 3. The van der Waals surface area contributed by atoms with E-state index in [9.17, 15) is 17.6 Å². The molecule has 0 saturated heterocycles. The van der Waals surface area contributed by atoms with Crippen molar-refractivity contribution in [3.63, 3.8) is 0 Å². The number of pyridine rings is 1. The van der Waals surface area contributed by atoms with E-state index in [0.29, 0.717) is 22.8 Å². The number of amidine groups is 1. The predicted molar refractivity (Wildman–Crippen MR) is 125 cm³/mol. The molecule has 1 N–H and O–H groups in total. The minimum atomic E-state index is -3.21. The molecule has 0 fully saturated rings. The molecule has 3 rings (SSSR count). The smallest absolute Gasteiger partial charge is 0.387 e. The zero-order valence-electron chi connectivity index (χ0n) is 18.4. The van der Waals surface area contributed by atoms with Gasteiger partial charge in [-0.15, -0.1) is 0 Å². The molecule has 35 heavy (non-hydrogen) atoms. The van der Waals surface area contributed by atoms with Crippen molar-refractivity contribution in [2.24, 2.45) is 4.99 Å². The van der Waals surface area contributed by atoms with Crippen molar-refractivity contribution in [1.29, 1.82) is 5.26 Å². The molecule has 0 aliphatic carbocycles. The normalized spacial score (nSPS) is 12.3. The van der Waals surface area contributed by atoms with Crippen molar-refractivity contribution in [1.82, 2.24) is 10.3 Å². The van der Waals surface area contributed by atoms with E-state index in [4.69, 9.17) is 5.26 Å². The number of nitriles is 1. The van der Waals surface area contributed by atoms with Gasteiger partial charge in [0.2, 0.25) is 0 Å². The maximum absolute atomic E-state index is 13.0. The van der Waals surface area contributed by atoms with Crippen LogP contribution in [-0.4, -0.2) is 29.6 Å². The van der Waals surface area contributed by atoms with Crippen molar-refractivity contribution in [2.75, 3.05) is 6.26 Å². The van der Waals surface area contributed by atoms with Gasteiger partial charge in [-0.2, -0.15) is 22.8 Å². The highest BCUT2D eigenvalue weighted by molar-refractivity contribution is 8.13. The molecule has 0 unspecified atom stereocenters. The molecule has 182 valence electrons. The van der Waals surface area contributed by atoms with Crippen LogP contribution in [0.25, 0.3) is 0 Å². The fraction of sp³-hybridized carbons (Fsp3) is 0.208. The number of thioether (sulfide) groups is 1. The lowest BCUT2D eigenvalue weighted by atomic mass is 9.86. The molecule has 0 aliphatic rings. The SMILES string of the molecule is CSC(=Nc1ccc([C@@H](Cc2ccncc2)c2ccc(OC(F)F)c(OC(F)F)c2)cc1)NC#N. The summed E-state index contributed by atoms with van der Waals surface area (Å²) in [7, 11) is 0. The zero-order chi connectivity index (χ0) is 25.2. The maximum Gasteiger partial charge on any atom is 0.387 e. The van der Waals surface area contributed by atoms with Gasteiger partial charge in [-0.1, -0.05) is 30.0 Å². The zero-order valence-corrected chi connectivity index (χ0v) is 19.2. The number of rotatable bonds is 9. The number of halogens is 4. The lowest BCUT2D eigenvalue weighted by Crippen LogP contribution is -2.12. The van der Waals surface area contributed by atoms with Gasteiger partial charge in [-0.3, -0.25) is 10.3 Å². The Morgan fingerprint density at radius 2 is 1.60 bits per heavy atom. The number of aliphatic imine (C=N–C) groups is 1. The fourth-order valence-electron chi connectivity index (χ4n) is 3.38. The van der Waals surface area contributed by atoms with Gasteiger partial charge in [0.25, 0.3) is 0 Å². The second kappa shape index (κ2) is 12.6. The third-order valence-electron chi connectivity index (χ3n) is 4.87. The number of alkyl halides is 4. The first-order valence-electron chi connectivity index (χ1n) is 10.2.